The molecule has 6 nitrogen and oxygen atoms in total. The van der Waals surface area contributed by atoms with Crippen molar-refractivity contribution >= 4 is 17.7 Å². The molecular formula is C30H44O6. The number of rotatable bonds is 3. The van der Waals surface area contributed by atoms with E-state index in [2.05, 4.69) is 26.8 Å². The van der Waals surface area contributed by atoms with Gasteiger partial charge in [0.15, 0.2) is 0 Å². The first-order chi connectivity index (χ1) is 16.6. The highest BCUT2D eigenvalue weighted by molar-refractivity contribution is 5.86. The Labute approximate surface area is 214 Å². The van der Waals surface area contributed by atoms with Crippen molar-refractivity contribution in [1.29, 1.82) is 0 Å². The molecule has 5 aliphatic rings. The van der Waals surface area contributed by atoms with Crippen LogP contribution in [0.15, 0.2) is 11.6 Å². The van der Waals surface area contributed by atoms with E-state index in [0.717, 1.165) is 32.1 Å². The molecule has 0 heterocycles. The molecule has 5 aliphatic carbocycles. The molecule has 9 atom stereocenters. The average Bonchev–Trinajstić information content (AvgIpc) is 2.82. The molecule has 0 aromatic heterocycles. The minimum atomic E-state index is -0.906. The number of allylic oxidation sites excluding steroid dienone is 2. The van der Waals surface area contributed by atoms with Crippen LogP contribution in [0.4, 0.5) is 0 Å². The van der Waals surface area contributed by atoms with Gasteiger partial charge in [0.1, 0.15) is 5.78 Å². The Balaban J connectivity index is 1.61. The van der Waals surface area contributed by atoms with Gasteiger partial charge < -0.3 is 15.3 Å². The maximum atomic E-state index is 13.0. The first-order valence-corrected chi connectivity index (χ1v) is 14.0. The highest BCUT2D eigenvalue weighted by Crippen LogP contribution is 2.75. The number of aliphatic hydroxyl groups is 1. The lowest BCUT2D eigenvalue weighted by Crippen LogP contribution is -2.65. The maximum Gasteiger partial charge on any atom is 0.310 e. The third-order valence-corrected chi connectivity index (χ3v) is 13.2. The van der Waals surface area contributed by atoms with Crippen molar-refractivity contribution < 1.29 is 29.7 Å². The van der Waals surface area contributed by atoms with E-state index in [1.807, 2.05) is 6.92 Å². The normalized spacial score (nSPS) is 52.2. The molecule has 0 radical (unpaired) electrons. The summed E-state index contributed by atoms with van der Waals surface area (Å²) in [5.41, 5.74) is -1.64. The van der Waals surface area contributed by atoms with Gasteiger partial charge in [-0.3, -0.25) is 14.4 Å². The molecule has 0 aromatic rings. The summed E-state index contributed by atoms with van der Waals surface area (Å²) in [4.78, 5) is 38.0. The lowest BCUT2D eigenvalue weighted by molar-refractivity contribution is -0.196. The number of carbonyl (C=O) groups is 3. The zero-order chi connectivity index (χ0) is 26.5. The number of fused-ring (bicyclic) bond motifs is 7. The van der Waals surface area contributed by atoms with Gasteiger partial charge in [-0.15, -0.1) is 0 Å². The van der Waals surface area contributed by atoms with E-state index in [4.69, 9.17) is 0 Å². The first kappa shape index (κ1) is 25.9. The molecule has 0 aromatic carbocycles. The quantitative estimate of drug-likeness (QED) is 0.443. The molecule has 36 heavy (non-hydrogen) atoms. The summed E-state index contributed by atoms with van der Waals surface area (Å²) in [6.45, 7) is 10.7. The van der Waals surface area contributed by atoms with E-state index in [-0.39, 0.29) is 40.5 Å². The van der Waals surface area contributed by atoms with Crippen LogP contribution in [0, 0.1) is 50.2 Å². The second-order valence-corrected chi connectivity index (χ2v) is 14.4. The fourth-order valence-electron chi connectivity index (χ4n) is 10.5. The molecule has 3 N–H and O–H groups in total. The minimum absolute atomic E-state index is 0.0686. The number of carboxylic acid groups (broad SMARTS) is 2. The van der Waals surface area contributed by atoms with Crippen LogP contribution in [0.3, 0.4) is 0 Å². The summed E-state index contributed by atoms with van der Waals surface area (Å²) in [6, 6.07) is 0. The molecule has 4 saturated carbocycles. The van der Waals surface area contributed by atoms with Gasteiger partial charge in [0.05, 0.1) is 22.9 Å². The van der Waals surface area contributed by atoms with Crippen LogP contribution in [-0.2, 0) is 14.4 Å². The Morgan fingerprint density at radius 2 is 1.58 bits per heavy atom. The van der Waals surface area contributed by atoms with Gasteiger partial charge in [0, 0.05) is 6.42 Å². The van der Waals surface area contributed by atoms with Gasteiger partial charge in [-0.2, -0.15) is 0 Å². The molecule has 0 spiro atoms. The third-order valence-electron chi connectivity index (χ3n) is 13.2. The predicted molar refractivity (Wildman–Crippen MR) is 135 cm³/mol. The largest absolute Gasteiger partial charge is 0.481 e. The number of aliphatic carboxylic acids is 2. The highest BCUT2D eigenvalue weighted by Gasteiger charge is 2.70. The van der Waals surface area contributed by atoms with Crippen LogP contribution < -0.4 is 0 Å². The Morgan fingerprint density at radius 3 is 2.19 bits per heavy atom. The summed E-state index contributed by atoms with van der Waals surface area (Å²) >= 11 is 0. The molecule has 4 fully saturated rings. The predicted octanol–water partition coefficient (Wildman–Crippen LogP) is 5.48. The number of hydrogen-bond acceptors (Lipinski definition) is 4. The monoisotopic (exact) mass is 500 g/mol. The van der Waals surface area contributed by atoms with Crippen molar-refractivity contribution in [1.82, 2.24) is 0 Å². The van der Waals surface area contributed by atoms with Crippen molar-refractivity contribution in [2.45, 2.75) is 98.8 Å². The zero-order valence-electron chi connectivity index (χ0n) is 22.7. The van der Waals surface area contributed by atoms with Crippen molar-refractivity contribution in [3.05, 3.63) is 11.6 Å². The first-order valence-electron chi connectivity index (χ1n) is 14.0. The maximum absolute atomic E-state index is 13.0. The highest BCUT2D eigenvalue weighted by atomic mass is 16.4. The van der Waals surface area contributed by atoms with Gasteiger partial charge in [-0.05, 0) is 98.7 Å². The van der Waals surface area contributed by atoms with Crippen LogP contribution in [0.2, 0.25) is 0 Å². The van der Waals surface area contributed by atoms with Crippen molar-refractivity contribution in [3.8, 4) is 0 Å². The number of aliphatic hydroxyl groups excluding tert-OH is 1. The lowest BCUT2D eigenvalue weighted by atomic mass is 9.33. The van der Waals surface area contributed by atoms with E-state index in [1.165, 1.54) is 5.57 Å². The molecule has 5 rings (SSSR count). The molecule has 0 saturated heterocycles. The van der Waals surface area contributed by atoms with Crippen LogP contribution >= 0.6 is 0 Å². The van der Waals surface area contributed by atoms with Gasteiger partial charge >= 0.3 is 11.9 Å². The van der Waals surface area contributed by atoms with Crippen LogP contribution in [-0.4, -0.2) is 39.6 Å². The van der Waals surface area contributed by atoms with Crippen LogP contribution in [0.1, 0.15) is 98.8 Å². The summed E-state index contributed by atoms with van der Waals surface area (Å²) in [5.74, 6) is -1.19. The molecule has 6 heteroatoms. The molecule has 3 unspecified atom stereocenters. The number of hydrogen-bond donors (Lipinski definition) is 3. The number of Topliss-reactive ketones (excluding diaryl/α,β-unsaturated/α-hetero) is 1. The van der Waals surface area contributed by atoms with Gasteiger partial charge in [-0.25, -0.2) is 0 Å². The summed E-state index contributed by atoms with van der Waals surface area (Å²) in [7, 11) is 0. The zero-order valence-corrected chi connectivity index (χ0v) is 22.7. The Bertz CT molecular complexity index is 1050. The van der Waals surface area contributed by atoms with E-state index in [9.17, 15) is 29.7 Å². The smallest absolute Gasteiger partial charge is 0.310 e. The average molecular weight is 501 g/mol. The van der Waals surface area contributed by atoms with Crippen LogP contribution in [0.25, 0.3) is 0 Å². The third kappa shape index (κ3) is 2.91. The Hall–Kier alpha value is -1.69. The number of carbonyl (C=O) groups excluding carboxylic acids is 1. The minimum Gasteiger partial charge on any atom is -0.481 e. The van der Waals surface area contributed by atoms with Gasteiger partial charge in [-0.1, -0.05) is 39.3 Å². The topological polar surface area (TPSA) is 112 Å². The molecule has 0 aliphatic heterocycles. The number of ketones is 1. The fourth-order valence-corrected chi connectivity index (χ4v) is 10.5. The van der Waals surface area contributed by atoms with Crippen molar-refractivity contribution in [2.24, 2.45) is 50.2 Å². The molecule has 200 valence electrons. The Morgan fingerprint density at radius 1 is 0.917 bits per heavy atom. The molecular weight excluding hydrogens is 456 g/mol. The lowest BCUT2D eigenvalue weighted by Gasteiger charge is -2.70. The summed E-state index contributed by atoms with van der Waals surface area (Å²) < 4.78 is 0. The van der Waals surface area contributed by atoms with E-state index >= 15 is 0 Å². The second kappa shape index (κ2) is 7.68. The fraction of sp³-hybridized carbons (Fsp3) is 0.833. The van der Waals surface area contributed by atoms with Crippen LogP contribution in [0.5, 0.6) is 0 Å². The standard InChI is InChI=1S/C30H44O6/c1-25(23(33)34)12-14-30(24(35)36)15-13-28(4)18(19(30)16-25)6-7-21-26(2)10-9-22(32)27(3,17-31)20(26)8-11-29(21,28)5/h6,19-21,31H,7-17H2,1-5H3,(H,33,34)(H,35,36)/t19?,20?,21?,25-,26+,27-,28-,29-,30+/m1/s1. The van der Waals surface area contributed by atoms with Crippen molar-refractivity contribution in [2.75, 3.05) is 6.61 Å². The summed E-state index contributed by atoms with van der Waals surface area (Å²) in [5, 5.41) is 30.9. The summed E-state index contributed by atoms with van der Waals surface area (Å²) in [6.07, 6.45) is 8.91. The van der Waals surface area contributed by atoms with Crippen molar-refractivity contribution in [3.63, 3.8) is 0 Å². The molecule has 0 bridgehead atoms. The van der Waals surface area contributed by atoms with E-state index in [0.29, 0.717) is 38.0 Å². The molecule has 0 amide bonds. The number of carboxylic acids is 2. The Kier molecular flexibility index (Phi) is 5.53. The van der Waals surface area contributed by atoms with Gasteiger partial charge in [0.25, 0.3) is 0 Å². The SMILES string of the molecule is C[C@@]1(C(=O)O)CC[C@]2(C(=O)O)CC[C@]3(C)C(=CCC4[C@@]5(C)CCC(=O)[C@](C)(CO)C5CC[C@]43C)C2C1. The second-order valence-electron chi connectivity index (χ2n) is 14.4. The van der Waals surface area contributed by atoms with E-state index in [1.54, 1.807) is 6.92 Å². The van der Waals surface area contributed by atoms with Gasteiger partial charge in [0.2, 0.25) is 0 Å². The van der Waals surface area contributed by atoms with E-state index < -0.39 is 28.2 Å².